The van der Waals surface area contributed by atoms with Crippen LogP contribution in [-0.2, 0) is 10.3 Å². The quantitative estimate of drug-likeness (QED) is 0.303. The monoisotopic (exact) mass is 517 g/mol. The van der Waals surface area contributed by atoms with Crippen molar-refractivity contribution < 1.29 is 19.4 Å². The highest BCUT2D eigenvalue weighted by Crippen LogP contribution is 2.47. The fraction of sp³-hybridized carbons (Fsp3) is 0.265. The van der Waals surface area contributed by atoms with E-state index in [0.717, 1.165) is 29.9 Å². The molecular weight excluding hydrogens is 486 g/mol. The van der Waals surface area contributed by atoms with Crippen LogP contribution in [0.25, 0.3) is 11.1 Å². The number of para-hydroxylation sites is 1. The van der Waals surface area contributed by atoms with Gasteiger partial charge in [-0.05, 0) is 64.9 Å². The highest BCUT2D eigenvalue weighted by Gasteiger charge is 2.50. The van der Waals surface area contributed by atoms with E-state index in [4.69, 9.17) is 9.47 Å². The van der Waals surface area contributed by atoms with Crippen LogP contribution in [0, 0.1) is 0 Å². The van der Waals surface area contributed by atoms with Crippen molar-refractivity contribution in [2.24, 2.45) is 0 Å². The summed E-state index contributed by atoms with van der Waals surface area (Å²) in [6.07, 6.45) is 2.51. The van der Waals surface area contributed by atoms with Crippen LogP contribution < -0.4 is 4.74 Å². The molecule has 1 amide bonds. The predicted molar refractivity (Wildman–Crippen MR) is 150 cm³/mol. The molecule has 5 nitrogen and oxygen atoms in total. The predicted octanol–water partition coefficient (Wildman–Crippen LogP) is 7.24. The molecule has 2 fully saturated rings. The number of amides is 1. The van der Waals surface area contributed by atoms with Crippen LogP contribution in [0.15, 0.2) is 103 Å². The zero-order chi connectivity index (χ0) is 26.4. The van der Waals surface area contributed by atoms with Crippen LogP contribution >= 0.6 is 0 Å². The second kappa shape index (κ2) is 9.58. The van der Waals surface area contributed by atoms with Gasteiger partial charge in [0.1, 0.15) is 18.1 Å². The summed E-state index contributed by atoms with van der Waals surface area (Å²) in [4.78, 5) is 15.3. The molecule has 39 heavy (non-hydrogen) atoms. The number of hydrogen-bond acceptors (Lipinski definition) is 4. The van der Waals surface area contributed by atoms with E-state index in [1.165, 1.54) is 22.3 Å². The van der Waals surface area contributed by atoms with Crippen LogP contribution in [0.2, 0.25) is 0 Å². The van der Waals surface area contributed by atoms with Crippen molar-refractivity contribution in [3.8, 4) is 22.6 Å². The fourth-order valence-corrected chi connectivity index (χ4v) is 6.89. The Hall–Kier alpha value is -4.09. The zero-order valence-electron chi connectivity index (χ0n) is 21.7. The van der Waals surface area contributed by atoms with E-state index in [1.54, 1.807) is 0 Å². The molecule has 3 aliphatic rings. The van der Waals surface area contributed by atoms with E-state index in [-0.39, 0.29) is 24.1 Å². The second-order valence-corrected chi connectivity index (χ2v) is 11.0. The van der Waals surface area contributed by atoms with Gasteiger partial charge >= 0.3 is 6.09 Å². The molecule has 1 N–H and O–H groups in total. The number of benzene rings is 4. The largest absolute Gasteiger partial charge is 0.457 e. The van der Waals surface area contributed by atoms with Crippen molar-refractivity contribution in [2.45, 2.75) is 49.3 Å². The lowest BCUT2D eigenvalue weighted by Gasteiger charge is -2.43. The number of aliphatic hydroxyl groups is 1. The maximum atomic E-state index is 13.4. The number of carbonyl (C=O) groups excluding carboxylic acids is 1. The lowest BCUT2D eigenvalue weighted by Crippen LogP contribution is -2.52. The highest BCUT2D eigenvalue weighted by molar-refractivity contribution is 5.79. The molecule has 2 saturated heterocycles. The van der Waals surface area contributed by atoms with Gasteiger partial charge in [-0.1, -0.05) is 78.9 Å². The zero-order valence-corrected chi connectivity index (χ0v) is 21.7. The normalized spacial score (nSPS) is 23.3. The number of carbonyl (C=O) groups is 1. The number of piperidine rings is 1. The topological polar surface area (TPSA) is 59.0 Å². The van der Waals surface area contributed by atoms with Crippen molar-refractivity contribution in [3.63, 3.8) is 0 Å². The molecule has 2 unspecified atom stereocenters. The van der Waals surface area contributed by atoms with Gasteiger partial charge in [0, 0.05) is 30.8 Å². The average molecular weight is 518 g/mol. The minimum absolute atomic E-state index is 0.0374. The molecule has 4 aromatic rings. The Balaban J connectivity index is 1.03. The van der Waals surface area contributed by atoms with Crippen LogP contribution in [0.3, 0.4) is 0 Å². The van der Waals surface area contributed by atoms with Crippen molar-refractivity contribution in [1.82, 2.24) is 4.90 Å². The number of rotatable bonds is 5. The molecule has 2 atom stereocenters. The SMILES string of the molecule is O=C(OCC1c2ccccc2-c2ccccc21)N1C2CCC1CC(O)(c1ccc(Oc3ccccc3)cc1)C2. The van der Waals surface area contributed by atoms with Crippen LogP contribution in [0.5, 0.6) is 11.5 Å². The third kappa shape index (κ3) is 4.27. The maximum absolute atomic E-state index is 13.4. The Labute approximate surface area is 228 Å². The minimum atomic E-state index is -0.975. The van der Waals surface area contributed by atoms with Gasteiger partial charge in [0.05, 0.1) is 5.60 Å². The molecule has 4 aromatic carbocycles. The van der Waals surface area contributed by atoms with E-state index in [0.29, 0.717) is 19.4 Å². The first-order chi connectivity index (χ1) is 19.1. The lowest BCUT2D eigenvalue weighted by atomic mass is 9.80. The Kier molecular flexibility index (Phi) is 5.89. The van der Waals surface area contributed by atoms with Gasteiger partial charge in [-0.25, -0.2) is 4.79 Å². The highest BCUT2D eigenvalue weighted by atomic mass is 16.6. The van der Waals surface area contributed by atoms with Crippen LogP contribution in [0.4, 0.5) is 4.79 Å². The Morgan fingerprint density at radius 3 is 1.90 bits per heavy atom. The van der Waals surface area contributed by atoms with E-state index in [1.807, 2.05) is 71.6 Å². The summed E-state index contributed by atoms with van der Waals surface area (Å²) in [5.41, 5.74) is 4.75. The van der Waals surface area contributed by atoms with Crippen molar-refractivity contribution >= 4 is 6.09 Å². The van der Waals surface area contributed by atoms with E-state index in [2.05, 4.69) is 36.4 Å². The smallest absolute Gasteiger partial charge is 0.410 e. The van der Waals surface area contributed by atoms with Crippen molar-refractivity contribution in [3.05, 3.63) is 120 Å². The van der Waals surface area contributed by atoms with Gasteiger partial charge in [-0.3, -0.25) is 0 Å². The van der Waals surface area contributed by atoms with E-state index >= 15 is 0 Å². The second-order valence-electron chi connectivity index (χ2n) is 11.0. The molecule has 2 aliphatic heterocycles. The van der Waals surface area contributed by atoms with Gasteiger partial charge in [0.15, 0.2) is 0 Å². The summed E-state index contributed by atoms with van der Waals surface area (Å²) in [6, 6.07) is 34.0. The van der Waals surface area contributed by atoms with Crippen LogP contribution in [-0.4, -0.2) is 34.8 Å². The van der Waals surface area contributed by atoms with Crippen molar-refractivity contribution in [2.75, 3.05) is 6.61 Å². The van der Waals surface area contributed by atoms with E-state index in [9.17, 15) is 9.90 Å². The minimum Gasteiger partial charge on any atom is -0.457 e. The molecule has 2 heterocycles. The summed E-state index contributed by atoms with van der Waals surface area (Å²) in [5.74, 6) is 1.54. The number of ether oxygens (including phenoxy) is 2. The molecule has 7 rings (SSSR count). The summed E-state index contributed by atoms with van der Waals surface area (Å²) in [7, 11) is 0. The molecular formula is C34H31NO4. The van der Waals surface area contributed by atoms with Gasteiger partial charge in [0.2, 0.25) is 0 Å². The number of fused-ring (bicyclic) bond motifs is 5. The molecule has 1 aliphatic carbocycles. The molecule has 0 spiro atoms. The Morgan fingerprint density at radius 1 is 0.744 bits per heavy atom. The molecule has 0 radical (unpaired) electrons. The first kappa shape index (κ1) is 24.0. The fourth-order valence-electron chi connectivity index (χ4n) is 6.89. The van der Waals surface area contributed by atoms with Gasteiger partial charge in [0.25, 0.3) is 0 Å². The summed E-state index contributed by atoms with van der Waals surface area (Å²) >= 11 is 0. The van der Waals surface area contributed by atoms with E-state index < -0.39 is 5.60 Å². The number of hydrogen-bond donors (Lipinski definition) is 1. The maximum Gasteiger partial charge on any atom is 0.410 e. The standard InChI is InChI=1S/C34H31NO4/c36-33(38-22-32-30-12-6-4-10-28(30)29-11-5-7-13-31(29)32)35-24-16-17-25(35)21-34(37,20-24)23-14-18-27(19-15-23)39-26-8-2-1-3-9-26/h1-15,18-19,24-25,32,37H,16-17,20-22H2. The third-order valence-electron chi connectivity index (χ3n) is 8.68. The molecule has 2 bridgehead atoms. The average Bonchev–Trinajstić information content (AvgIpc) is 3.44. The Morgan fingerprint density at radius 2 is 1.28 bits per heavy atom. The lowest BCUT2D eigenvalue weighted by molar-refractivity contribution is -0.0531. The third-order valence-corrected chi connectivity index (χ3v) is 8.68. The van der Waals surface area contributed by atoms with Crippen LogP contribution in [0.1, 0.15) is 48.3 Å². The van der Waals surface area contributed by atoms with Gasteiger partial charge in [-0.15, -0.1) is 0 Å². The summed E-state index contributed by atoms with van der Waals surface area (Å²) < 4.78 is 11.9. The molecule has 0 saturated carbocycles. The first-order valence-corrected chi connectivity index (χ1v) is 13.8. The van der Waals surface area contributed by atoms with Crippen molar-refractivity contribution in [1.29, 1.82) is 0 Å². The number of nitrogens with zero attached hydrogens (tertiary/aromatic N) is 1. The van der Waals surface area contributed by atoms with Gasteiger partial charge < -0.3 is 19.5 Å². The van der Waals surface area contributed by atoms with Gasteiger partial charge in [-0.2, -0.15) is 0 Å². The first-order valence-electron chi connectivity index (χ1n) is 13.8. The molecule has 0 aromatic heterocycles. The molecule has 5 heteroatoms. The summed E-state index contributed by atoms with van der Waals surface area (Å²) in [5, 5.41) is 11.7. The Bertz CT molecular complexity index is 1440. The summed E-state index contributed by atoms with van der Waals surface area (Å²) in [6.45, 7) is 0.315. The molecule has 196 valence electrons.